The van der Waals surface area contributed by atoms with Crippen LogP contribution in [0.2, 0.25) is 0 Å². The van der Waals surface area contributed by atoms with Crippen LogP contribution in [0.25, 0.3) is 0 Å². The number of amides is 2. The molecule has 20 heavy (non-hydrogen) atoms. The van der Waals surface area contributed by atoms with Gasteiger partial charge in [-0.1, -0.05) is 32.9 Å². The quantitative estimate of drug-likeness (QED) is 0.569. The van der Waals surface area contributed by atoms with Crippen molar-refractivity contribution in [3.8, 4) is 0 Å². The summed E-state index contributed by atoms with van der Waals surface area (Å²) in [5, 5.41) is 5.56. The molecular formula is C15H23N3O2. The maximum atomic E-state index is 11.7. The minimum absolute atomic E-state index is 0.00906. The molecule has 5 heteroatoms. The zero-order chi connectivity index (χ0) is 15.2. The van der Waals surface area contributed by atoms with Gasteiger partial charge in [-0.15, -0.1) is 0 Å². The van der Waals surface area contributed by atoms with E-state index < -0.39 is 5.41 Å². The van der Waals surface area contributed by atoms with Crippen molar-refractivity contribution in [2.24, 2.45) is 5.41 Å². The van der Waals surface area contributed by atoms with Crippen LogP contribution in [0.4, 0.5) is 11.4 Å². The summed E-state index contributed by atoms with van der Waals surface area (Å²) in [6, 6.07) is 7.12. The number of para-hydroxylation sites is 2. The molecule has 0 radical (unpaired) electrons. The van der Waals surface area contributed by atoms with Crippen LogP contribution < -0.4 is 16.4 Å². The average Bonchev–Trinajstić information content (AvgIpc) is 2.36. The van der Waals surface area contributed by atoms with Gasteiger partial charge in [-0.3, -0.25) is 9.59 Å². The lowest BCUT2D eigenvalue weighted by Crippen LogP contribution is -2.35. The van der Waals surface area contributed by atoms with Crippen molar-refractivity contribution in [3.63, 3.8) is 0 Å². The molecule has 5 nitrogen and oxygen atoms in total. The molecule has 0 unspecified atom stereocenters. The van der Waals surface area contributed by atoms with Gasteiger partial charge >= 0.3 is 0 Å². The van der Waals surface area contributed by atoms with Gasteiger partial charge in [-0.25, -0.2) is 0 Å². The predicted molar refractivity (Wildman–Crippen MR) is 81.2 cm³/mol. The minimum atomic E-state index is -0.402. The lowest BCUT2D eigenvalue weighted by atomic mass is 9.96. The van der Waals surface area contributed by atoms with Gasteiger partial charge in [0.25, 0.3) is 0 Å². The van der Waals surface area contributed by atoms with Crippen molar-refractivity contribution in [2.75, 3.05) is 17.6 Å². The maximum Gasteiger partial charge on any atom is 0.225 e. The van der Waals surface area contributed by atoms with E-state index in [1.807, 2.05) is 32.9 Å². The van der Waals surface area contributed by atoms with E-state index in [0.29, 0.717) is 30.8 Å². The Bertz CT molecular complexity index is 478. The summed E-state index contributed by atoms with van der Waals surface area (Å²) in [6.45, 7) is 6.06. The Balaban J connectivity index is 2.28. The second kappa shape index (κ2) is 6.93. The molecule has 110 valence electrons. The van der Waals surface area contributed by atoms with Crippen molar-refractivity contribution in [1.82, 2.24) is 5.32 Å². The molecule has 0 aliphatic heterocycles. The highest BCUT2D eigenvalue weighted by atomic mass is 16.2. The number of hydrogen-bond donors (Lipinski definition) is 3. The third-order valence-corrected chi connectivity index (χ3v) is 2.78. The van der Waals surface area contributed by atoms with Crippen LogP contribution in [0, 0.1) is 5.41 Å². The summed E-state index contributed by atoms with van der Waals surface area (Å²) in [4.78, 5) is 23.3. The number of nitrogens with one attached hydrogen (secondary N) is 2. The molecule has 0 spiro atoms. The van der Waals surface area contributed by atoms with Crippen molar-refractivity contribution >= 4 is 23.2 Å². The molecule has 0 atom stereocenters. The lowest BCUT2D eigenvalue weighted by molar-refractivity contribution is -0.128. The first-order valence-corrected chi connectivity index (χ1v) is 6.73. The van der Waals surface area contributed by atoms with Gasteiger partial charge < -0.3 is 16.4 Å². The first-order valence-electron chi connectivity index (χ1n) is 6.73. The van der Waals surface area contributed by atoms with Gasteiger partial charge in [0.2, 0.25) is 11.8 Å². The summed E-state index contributed by atoms with van der Waals surface area (Å²) in [5.41, 5.74) is 6.50. The number of rotatable bonds is 5. The zero-order valence-electron chi connectivity index (χ0n) is 12.3. The number of hydrogen-bond acceptors (Lipinski definition) is 3. The Morgan fingerprint density at radius 1 is 1.20 bits per heavy atom. The van der Waals surface area contributed by atoms with Crippen molar-refractivity contribution < 1.29 is 9.59 Å². The number of anilines is 2. The van der Waals surface area contributed by atoms with Gasteiger partial charge in [0.1, 0.15) is 0 Å². The zero-order valence-corrected chi connectivity index (χ0v) is 12.3. The number of carbonyl (C=O) groups is 2. The molecule has 0 bridgehead atoms. The van der Waals surface area contributed by atoms with E-state index in [0.717, 1.165) is 0 Å². The van der Waals surface area contributed by atoms with E-state index in [9.17, 15) is 9.59 Å². The Hall–Kier alpha value is -2.04. The molecule has 0 aliphatic carbocycles. The smallest absolute Gasteiger partial charge is 0.225 e. The van der Waals surface area contributed by atoms with Crippen LogP contribution in [0.5, 0.6) is 0 Å². The predicted octanol–water partition coefficient (Wildman–Crippen LogP) is 2.15. The molecule has 4 N–H and O–H groups in total. The fraction of sp³-hybridized carbons (Fsp3) is 0.467. The highest BCUT2D eigenvalue weighted by molar-refractivity contribution is 5.93. The fourth-order valence-electron chi connectivity index (χ4n) is 1.54. The van der Waals surface area contributed by atoms with Crippen LogP contribution in [-0.4, -0.2) is 18.4 Å². The van der Waals surface area contributed by atoms with E-state index in [-0.39, 0.29) is 11.8 Å². The molecule has 1 aromatic rings. The van der Waals surface area contributed by atoms with Crippen LogP contribution in [-0.2, 0) is 9.59 Å². The van der Waals surface area contributed by atoms with Gasteiger partial charge in [-0.2, -0.15) is 0 Å². The summed E-state index contributed by atoms with van der Waals surface area (Å²) in [7, 11) is 0. The van der Waals surface area contributed by atoms with E-state index in [1.54, 1.807) is 12.1 Å². The van der Waals surface area contributed by atoms with Crippen LogP contribution in [0.1, 0.15) is 33.6 Å². The molecule has 0 aromatic heterocycles. The monoisotopic (exact) mass is 277 g/mol. The molecule has 0 saturated carbocycles. The molecule has 0 heterocycles. The van der Waals surface area contributed by atoms with E-state index in [2.05, 4.69) is 10.6 Å². The SMILES string of the molecule is CC(C)(C)C(=O)NCCCC(=O)Nc1ccccc1N. The molecule has 0 aliphatic rings. The number of nitrogens with two attached hydrogens (primary N) is 1. The highest BCUT2D eigenvalue weighted by Gasteiger charge is 2.20. The number of nitrogen functional groups attached to an aromatic ring is 1. The molecule has 1 rings (SSSR count). The highest BCUT2D eigenvalue weighted by Crippen LogP contribution is 2.17. The van der Waals surface area contributed by atoms with Crippen molar-refractivity contribution in [3.05, 3.63) is 24.3 Å². The first kappa shape index (κ1) is 16.0. The average molecular weight is 277 g/mol. The van der Waals surface area contributed by atoms with Gasteiger partial charge in [0.05, 0.1) is 11.4 Å². The van der Waals surface area contributed by atoms with Crippen LogP contribution >= 0.6 is 0 Å². The van der Waals surface area contributed by atoms with E-state index in [1.165, 1.54) is 0 Å². The van der Waals surface area contributed by atoms with E-state index in [4.69, 9.17) is 5.73 Å². The lowest BCUT2D eigenvalue weighted by Gasteiger charge is -2.17. The van der Waals surface area contributed by atoms with Gasteiger partial charge in [0.15, 0.2) is 0 Å². The van der Waals surface area contributed by atoms with Crippen LogP contribution in [0.3, 0.4) is 0 Å². The summed E-state index contributed by atoms with van der Waals surface area (Å²) >= 11 is 0. The summed E-state index contributed by atoms with van der Waals surface area (Å²) in [6.07, 6.45) is 0.944. The standard InChI is InChI=1S/C15H23N3O2/c1-15(2,3)14(20)17-10-6-9-13(19)18-12-8-5-4-7-11(12)16/h4-5,7-8H,6,9-10,16H2,1-3H3,(H,17,20)(H,18,19). The third kappa shape index (κ3) is 5.30. The molecule has 2 amide bonds. The molecule has 0 saturated heterocycles. The normalized spacial score (nSPS) is 10.9. The number of benzene rings is 1. The largest absolute Gasteiger partial charge is 0.397 e. The molecule has 0 fully saturated rings. The topological polar surface area (TPSA) is 84.2 Å². The summed E-state index contributed by atoms with van der Waals surface area (Å²) < 4.78 is 0. The van der Waals surface area contributed by atoms with Gasteiger partial charge in [0, 0.05) is 18.4 Å². The Morgan fingerprint density at radius 2 is 1.85 bits per heavy atom. The Kier molecular flexibility index (Phi) is 5.55. The van der Waals surface area contributed by atoms with Crippen molar-refractivity contribution in [1.29, 1.82) is 0 Å². The summed E-state index contributed by atoms with van der Waals surface area (Å²) in [5.74, 6) is -0.113. The second-order valence-electron chi connectivity index (χ2n) is 5.74. The maximum absolute atomic E-state index is 11.7. The second-order valence-corrected chi connectivity index (χ2v) is 5.74. The van der Waals surface area contributed by atoms with E-state index >= 15 is 0 Å². The third-order valence-electron chi connectivity index (χ3n) is 2.78. The van der Waals surface area contributed by atoms with Gasteiger partial charge in [-0.05, 0) is 18.6 Å². The molecule has 1 aromatic carbocycles. The fourth-order valence-corrected chi connectivity index (χ4v) is 1.54. The minimum Gasteiger partial charge on any atom is -0.397 e. The Morgan fingerprint density at radius 3 is 2.45 bits per heavy atom. The molecular weight excluding hydrogens is 254 g/mol. The first-order chi connectivity index (χ1) is 9.30. The number of carbonyl (C=O) groups excluding carboxylic acids is 2. The van der Waals surface area contributed by atoms with Crippen molar-refractivity contribution in [2.45, 2.75) is 33.6 Å². The Labute approximate surface area is 119 Å². The van der Waals surface area contributed by atoms with Crippen LogP contribution in [0.15, 0.2) is 24.3 Å².